The van der Waals surface area contributed by atoms with E-state index in [-0.39, 0.29) is 12.6 Å². The number of hydrogen-bond donors (Lipinski definition) is 1. The Bertz CT molecular complexity index is 913. The Morgan fingerprint density at radius 1 is 1.11 bits per heavy atom. The first-order valence-electron chi connectivity index (χ1n) is 8.94. The second-order valence-electron chi connectivity index (χ2n) is 6.81. The molecule has 144 valence electrons. The number of fused-ring (bicyclic) bond motifs is 1. The monoisotopic (exact) mass is 393 g/mol. The van der Waals surface area contributed by atoms with Crippen LogP contribution in [-0.4, -0.2) is 45.7 Å². The van der Waals surface area contributed by atoms with Gasteiger partial charge in [-0.2, -0.15) is 4.31 Å². The summed E-state index contributed by atoms with van der Waals surface area (Å²) in [7, 11) is -3.46. The number of halogens is 1. The summed E-state index contributed by atoms with van der Waals surface area (Å²) in [5, 5.41) is 0. The SMILES string of the molecule is O=S(=O)(c1ccccc1)N1CC[NH+](Cc2cc(F)cc3c2OCOC3)CC1. The van der Waals surface area contributed by atoms with Gasteiger partial charge in [0.1, 0.15) is 18.1 Å². The Balaban J connectivity index is 1.44. The zero-order valence-electron chi connectivity index (χ0n) is 14.9. The number of ether oxygens (including phenoxy) is 2. The molecule has 6 nitrogen and oxygen atoms in total. The van der Waals surface area contributed by atoms with Crippen LogP contribution in [-0.2, 0) is 27.9 Å². The topological polar surface area (TPSA) is 60.3 Å². The smallest absolute Gasteiger partial charge is 0.243 e. The largest absolute Gasteiger partial charge is 0.467 e. The van der Waals surface area contributed by atoms with Crippen molar-refractivity contribution in [3.05, 3.63) is 59.4 Å². The van der Waals surface area contributed by atoms with Crippen molar-refractivity contribution in [1.82, 2.24) is 4.31 Å². The molecule has 0 radical (unpaired) electrons. The number of quaternary nitrogens is 1. The molecule has 0 aromatic heterocycles. The lowest BCUT2D eigenvalue weighted by atomic mass is 10.1. The van der Waals surface area contributed by atoms with Crippen molar-refractivity contribution in [3.63, 3.8) is 0 Å². The molecule has 0 bridgehead atoms. The van der Waals surface area contributed by atoms with Gasteiger partial charge in [0, 0.05) is 5.56 Å². The quantitative estimate of drug-likeness (QED) is 0.834. The Morgan fingerprint density at radius 3 is 2.59 bits per heavy atom. The zero-order valence-corrected chi connectivity index (χ0v) is 15.7. The molecular weight excluding hydrogens is 371 g/mol. The van der Waals surface area contributed by atoms with E-state index in [9.17, 15) is 12.8 Å². The molecule has 0 spiro atoms. The van der Waals surface area contributed by atoms with Crippen LogP contribution in [0.2, 0.25) is 0 Å². The molecule has 27 heavy (non-hydrogen) atoms. The maximum Gasteiger partial charge on any atom is 0.243 e. The number of hydrogen-bond acceptors (Lipinski definition) is 4. The van der Waals surface area contributed by atoms with Crippen LogP contribution in [0.25, 0.3) is 0 Å². The van der Waals surface area contributed by atoms with Crippen LogP contribution in [0.15, 0.2) is 47.4 Å². The number of sulfonamides is 1. The minimum atomic E-state index is -3.46. The third-order valence-electron chi connectivity index (χ3n) is 5.00. The molecule has 1 fully saturated rings. The van der Waals surface area contributed by atoms with Gasteiger partial charge in [-0.3, -0.25) is 0 Å². The molecule has 2 aliphatic rings. The van der Waals surface area contributed by atoms with Gasteiger partial charge >= 0.3 is 0 Å². The standard InChI is InChI=1S/C19H21FN2O4S/c20-17-10-15(19-16(11-17)13-25-14-26-19)12-21-6-8-22(9-7-21)27(23,24)18-4-2-1-3-5-18/h1-5,10-11H,6-9,12-14H2/p+1. The van der Waals surface area contributed by atoms with Crippen LogP contribution in [0.5, 0.6) is 5.75 Å². The van der Waals surface area contributed by atoms with Crippen molar-refractivity contribution in [2.24, 2.45) is 0 Å². The normalized spacial score (nSPS) is 18.7. The number of piperazine rings is 1. The molecule has 1 N–H and O–H groups in total. The highest BCUT2D eigenvalue weighted by atomic mass is 32.2. The molecule has 2 heterocycles. The predicted molar refractivity (Wildman–Crippen MR) is 96.3 cm³/mol. The van der Waals surface area contributed by atoms with Gasteiger partial charge in [0.25, 0.3) is 0 Å². The molecule has 2 aromatic rings. The molecule has 0 saturated carbocycles. The van der Waals surface area contributed by atoms with Gasteiger partial charge in [-0.05, 0) is 24.3 Å². The molecule has 8 heteroatoms. The third kappa shape index (κ3) is 3.84. The molecule has 4 rings (SSSR count). The minimum Gasteiger partial charge on any atom is -0.467 e. The van der Waals surface area contributed by atoms with E-state index in [1.165, 1.54) is 21.3 Å². The van der Waals surface area contributed by atoms with Crippen LogP contribution >= 0.6 is 0 Å². The van der Waals surface area contributed by atoms with Gasteiger partial charge in [-0.25, -0.2) is 12.8 Å². The number of nitrogens with zero attached hydrogens (tertiary/aromatic N) is 1. The van der Waals surface area contributed by atoms with E-state index in [4.69, 9.17) is 9.47 Å². The van der Waals surface area contributed by atoms with Crippen LogP contribution < -0.4 is 9.64 Å². The van der Waals surface area contributed by atoms with E-state index in [1.807, 2.05) is 0 Å². The van der Waals surface area contributed by atoms with E-state index < -0.39 is 10.0 Å². The van der Waals surface area contributed by atoms with E-state index >= 15 is 0 Å². The fourth-order valence-electron chi connectivity index (χ4n) is 3.62. The van der Waals surface area contributed by atoms with Crippen LogP contribution in [0.4, 0.5) is 4.39 Å². The molecule has 2 aliphatic heterocycles. The molecule has 0 atom stereocenters. The summed E-state index contributed by atoms with van der Waals surface area (Å²) >= 11 is 0. The summed E-state index contributed by atoms with van der Waals surface area (Å²) in [5.41, 5.74) is 1.53. The number of nitrogens with one attached hydrogen (secondary N) is 1. The molecule has 2 aromatic carbocycles. The highest BCUT2D eigenvalue weighted by molar-refractivity contribution is 7.89. The van der Waals surface area contributed by atoms with Crippen LogP contribution in [0.1, 0.15) is 11.1 Å². The maximum atomic E-state index is 13.9. The zero-order chi connectivity index (χ0) is 18.9. The van der Waals surface area contributed by atoms with Gasteiger partial charge in [-0.1, -0.05) is 18.2 Å². The van der Waals surface area contributed by atoms with Crippen molar-refractivity contribution in [3.8, 4) is 5.75 Å². The molecule has 0 amide bonds. The Labute approximate surface area is 158 Å². The van der Waals surface area contributed by atoms with E-state index in [1.54, 1.807) is 30.3 Å². The van der Waals surface area contributed by atoms with Crippen molar-refractivity contribution >= 4 is 10.0 Å². The van der Waals surface area contributed by atoms with Gasteiger partial charge < -0.3 is 14.4 Å². The first kappa shape index (κ1) is 18.4. The number of benzene rings is 2. The van der Waals surface area contributed by atoms with E-state index in [0.29, 0.717) is 50.0 Å². The first-order valence-corrected chi connectivity index (χ1v) is 10.4. The average molecular weight is 393 g/mol. The lowest BCUT2D eigenvalue weighted by molar-refractivity contribution is -0.917. The maximum absolute atomic E-state index is 13.9. The third-order valence-corrected chi connectivity index (χ3v) is 6.92. The highest BCUT2D eigenvalue weighted by Crippen LogP contribution is 2.29. The summed E-state index contributed by atoms with van der Waals surface area (Å²) in [5.74, 6) is 0.400. The van der Waals surface area contributed by atoms with Gasteiger partial charge in [0.2, 0.25) is 10.0 Å². The lowest BCUT2D eigenvalue weighted by Gasteiger charge is -2.32. The average Bonchev–Trinajstić information content (AvgIpc) is 2.69. The highest BCUT2D eigenvalue weighted by Gasteiger charge is 2.31. The van der Waals surface area contributed by atoms with Gasteiger partial charge in [0.15, 0.2) is 6.79 Å². The lowest BCUT2D eigenvalue weighted by Crippen LogP contribution is -3.13. The Kier molecular flexibility index (Phi) is 5.14. The summed E-state index contributed by atoms with van der Waals surface area (Å²) in [4.78, 5) is 1.53. The van der Waals surface area contributed by atoms with Gasteiger partial charge in [-0.15, -0.1) is 0 Å². The van der Waals surface area contributed by atoms with Crippen molar-refractivity contribution in [2.45, 2.75) is 18.0 Å². The Hall–Kier alpha value is -2.00. The molecule has 1 saturated heterocycles. The van der Waals surface area contributed by atoms with Crippen LogP contribution in [0, 0.1) is 5.82 Å². The summed E-state index contributed by atoms with van der Waals surface area (Å²) in [6.45, 7) is 3.31. The molecular formula is C19H22FN2O4S+. The Morgan fingerprint density at radius 2 is 1.85 bits per heavy atom. The van der Waals surface area contributed by atoms with E-state index in [0.717, 1.165) is 11.1 Å². The van der Waals surface area contributed by atoms with Gasteiger partial charge in [0.05, 0.1) is 43.2 Å². The second kappa shape index (κ2) is 7.55. The van der Waals surface area contributed by atoms with Crippen molar-refractivity contribution in [2.75, 3.05) is 33.0 Å². The fraction of sp³-hybridized carbons (Fsp3) is 0.368. The van der Waals surface area contributed by atoms with Crippen LogP contribution in [0.3, 0.4) is 0 Å². The fourth-order valence-corrected chi connectivity index (χ4v) is 5.08. The molecule has 0 unspecified atom stereocenters. The molecule has 0 aliphatic carbocycles. The summed E-state index contributed by atoms with van der Waals surface area (Å²) in [6.07, 6.45) is 0. The summed E-state index contributed by atoms with van der Waals surface area (Å²) < 4.78 is 51.7. The minimum absolute atomic E-state index is 0.171. The predicted octanol–water partition coefficient (Wildman–Crippen LogP) is 0.782. The second-order valence-corrected chi connectivity index (χ2v) is 8.75. The van der Waals surface area contributed by atoms with Crippen molar-refractivity contribution < 1.29 is 27.2 Å². The number of rotatable bonds is 4. The first-order chi connectivity index (χ1) is 13.0. The van der Waals surface area contributed by atoms with Crippen molar-refractivity contribution in [1.29, 1.82) is 0 Å². The van der Waals surface area contributed by atoms with E-state index in [2.05, 4.69) is 0 Å². The summed E-state index contributed by atoms with van der Waals surface area (Å²) in [6, 6.07) is 11.4.